The highest BCUT2D eigenvalue weighted by Crippen LogP contribution is 1.92. The Morgan fingerprint density at radius 3 is 1.55 bits per heavy atom. The van der Waals surface area contributed by atoms with Crippen molar-refractivity contribution in [1.29, 1.82) is 0 Å². The monoisotopic (exact) mass is 288 g/mol. The normalized spacial score (nSPS) is 11.8. The van der Waals surface area contributed by atoms with Crippen molar-refractivity contribution in [2.24, 2.45) is 0 Å². The van der Waals surface area contributed by atoms with Crippen molar-refractivity contribution in [2.45, 2.75) is 55.1 Å². The van der Waals surface area contributed by atoms with Gasteiger partial charge >= 0.3 is 5.97 Å². The van der Waals surface area contributed by atoms with Gasteiger partial charge in [-0.25, -0.2) is 4.79 Å². The molecule has 0 saturated heterocycles. The lowest BCUT2D eigenvalue weighted by molar-refractivity contribution is -0.132. The van der Waals surface area contributed by atoms with E-state index >= 15 is 0 Å². The van der Waals surface area contributed by atoms with Gasteiger partial charge in [-0.05, 0) is 41.5 Å². The van der Waals surface area contributed by atoms with Gasteiger partial charge in [-0.1, -0.05) is 37.3 Å². The number of allylic oxidation sites excluding steroid dienone is 2. The highest BCUT2D eigenvalue weighted by atomic mass is 16.4. The lowest BCUT2D eigenvalue weighted by atomic mass is 10.2. The third kappa shape index (κ3) is 25.5. The summed E-state index contributed by atoms with van der Waals surface area (Å²) in [5.41, 5.74) is 2.23. The molecule has 0 aromatic carbocycles. The predicted octanol–water partition coefficient (Wildman–Crippen LogP) is 3.56. The highest BCUT2D eigenvalue weighted by molar-refractivity contribution is 5.85. The quantitative estimate of drug-likeness (QED) is 0.548. The molecule has 0 aromatic rings. The van der Waals surface area contributed by atoms with E-state index in [0.29, 0.717) is 5.57 Å². The van der Waals surface area contributed by atoms with Gasteiger partial charge in [-0.2, -0.15) is 0 Å². The minimum Gasteiger partial charge on any atom is -0.478 e. The largest absolute Gasteiger partial charge is 0.478 e. The van der Waals surface area contributed by atoms with E-state index in [0.717, 1.165) is 11.1 Å². The molecule has 0 saturated carbocycles. The molecule has 0 aliphatic carbocycles. The van der Waals surface area contributed by atoms with Gasteiger partial charge in [-0.15, -0.1) is 0 Å². The zero-order chi connectivity index (χ0) is 16.0. The first kappa shape index (κ1) is 27.0. The third-order valence-corrected chi connectivity index (χ3v) is 2.23. The summed E-state index contributed by atoms with van der Waals surface area (Å²) in [7, 11) is 0. The number of aliphatic carboxylic acids is 1. The minimum absolute atomic E-state index is 0. The van der Waals surface area contributed by atoms with Crippen LogP contribution in [0.4, 0.5) is 0 Å². The van der Waals surface area contributed by atoms with Gasteiger partial charge in [0, 0.05) is 5.57 Å². The molecule has 1 atom stereocenters. The summed E-state index contributed by atoms with van der Waals surface area (Å²) in [5, 5.41) is 24.9. The second-order valence-electron chi connectivity index (χ2n) is 4.09. The van der Waals surface area contributed by atoms with E-state index in [1.165, 1.54) is 0 Å². The molecule has 0 radical (unpaired) electrons. The summed E-state index contributed by atoms with van der Waals surface area (Å²) in [6.07, 6.45) is 3.10. The molecule has 3 N–H and O–H groups in total. The van der Waals surface area contributed by atoms with Crippen LogP contribution in [0.2, 0.25) is 0 Å². The SMILES string of the molecule is C.C=C(C)C(C)O.CC=C(C)C(=O)O.CC=C(C)CO. The smallest absolute Gasteiger partial charge is 0.330 e. The van der Waals surface area contributed by atoms with Gasteiger partial charge in [0.05, 0.1) is 12.7 Å². The topological polar surface area (TPSA) is 77.8 Å². The summed E-state index contributed by atoms with van der Waals surface area (Å²) < 4.78 is 0. The van der Waals surface area contributed by atoms with Crippen LogP contribution >= 0.6 is 0 Å². The molecule has 0 aromatic heterocycles. The van der Waals surface area contributed by atoms with Gasteiger partial charge in [0.1, 0.15) is 0 Å². The van der Waals surface area contributed by atoms with E-state index in [-0.39, 0.29) is 20.1 Å². The second kappa shape index (κ2) is 17.6. The van der Waals surface area contributed by atoms with Crippen LogP contribution in [0.15, 0.2) is 35.5 Å². The van der Waals surface area contributed by atoms with Crippen LogP contribution in [0, 0.1) is 0 Å². The Kier molecular flexibility index (Phi) is 23.8. The first-order valence-corrected chi connectivity index (χ1v) is 6.06. The molecule has 0 amide bonds. The van der Waals surface area contributed by atoms with E-state index in [1.54, 1.807) is 33.8 Å². The fourth-order valence-corrected chi connectivity index (χ4v) is 0.215. The molecular formula is C16H32O4. The van der Waals surface area contributed by atoms with Gasteiger partial charge in [0.25, 0.3) is 0 Å². The Bertz CT molecular complexity index is 312. The highest BCUT2D eigenvalue weighted by Gasteiger charge is 1.93. The van der Waals surface area contributed by atoms with E-state index in [4.69, 9.17) is 15.3 Å². The number of rotatable bonds is 3. The van der Waals surface area contributed by atoms with Crippen molar-refractivity contribution in [1.82, 2.24) is 0 Å². The average molecular weight is 288 g/mol. The zero-order valence-corrected chi connectivity index (χ0v) is 12.9. The Hall–Kier alpha value is -1.39. The molecule has 4 nitrogen and oxygen atoms in total. The number of carboxylic acids is 1. The van der Waals surface area contributed by atoms with Crippen LogP contribution in [0.1, 0.15) is 49.0 Å². The first-order valence-electron chi connectivity index (χ1n) is 6.06. The van der Waals surface area contributed by atoms with Crippen LogP contribution < -0.4 is 0 Å². The molecule has 0 spiro atoms. The molecule has 0 bridgehead atoms. The van der Waals surface area contributed by atoms with Crippen LogP contribution in [-0.2, 0) is 4.79 Å². The Morgan fingerprint density at radius 2 is 1.55 bits per heavy atom. The molecule has 1 unspecified atom stereocenters. The van der Waals surface area contributed by atoms with E-state index in [1.807, 2.05) is 19.9 Å². The predicted molar refractivity (Wildman–Crippen MR) is 86.8 cm³/mol. The maximum absolute atomic E-state index is 9.86. The summed E-state index contributed by atoms with van der Waals surface area (Å²) in [5.74, 6) is -0.845. The van der Waals surface area contributed by atoms with Gasteiger partial charge in [-0.3, -0.25) is 0 Å². The standard InChI is InChI=1S/C5H8O2.2C5H10O.CH4/c1-3-4(2)5(6)7;1-4(2)5(3)6;1-3-5(2)4-6;/h3H,1-2H3,(H,6,7);5-6H,1H2,2-3H3;3,6H,4H2,1-2H3;1H4. The van der Waals surface area contributed by atoms with E-state index < -0.39 is 5.97 Å². The average Bonchev–Trinajstić information content (AvgIpc) is 2.37. The van der Waals surface area contributed by atoms with Crippen molar-refractivity contribution in [2.75, 3.05) is 6.61 Å². The molecular weight excluding hydrogens is 256 g/mol. The lowest BCUT2D eigenvalue weighted by Gasteiger charge is -1.97. The number of aliphatic hydroxyl groups is 2. The number of hydrogen-bond donors (Lipinski definition) is 3. The van der Waals surface area contributed by atoms with Gasteiger partial charge < -0.3 is 15.3 Å². The first-order chi connectivity index (χ1) is 8.63. The van der Waals surface area contributed by atoms with E-state index in [9.17, 15) is 4.79 Å². The van der Waals surface area contributed by atoms with E-state index in [2.05, 4.69) is 6.58 Å². The molecule has 4 heteroatoms. The van der Waals surface area contributed by atoms with Crippen molar-refractivity contribution < 1.29 is 20.1 Å². The zero-order valence-electron chi connectivity index (χ0n) is 12.9. The van der Waals surface area contributed by atoms with Crippen LogP contribution in [0.3, 0.4) is 0 Å². The maximum Gasteiger partial charge on any atom is 0.330 e. The Labute approximate surface area is 124 Å². The second-order valence-corrected chi connectivity index (χ2v) is 4.09. The van der Waals surface area contributed by atoms with Crippen molar-refractivity contribution in [3.05, 3.63) is 35.5 Å². The fraction of sp³-hybridized carbons (Fsp3) is 0.562. The third-order valence-electron chi connectivity index (χ3n) is 2.23. The van der Waals surface area contributed by atoms with Gasteiger partial charge in [0.2, 0.25) is 0 Å². The molecule has 0 rings (SSSR count). The summed E-state index contributed by atoms with van der Waals surface area (Å²) in [6, 6.07) is 0. The molecule has 0 fully saturated rings. The molecule has 0 aliphatic heterocycles. The lowest BCUT2D eigenvalue weighted by Crippen LogP contribution is -1.97. The summed E-state index contributed by atoms with van der Waals surface area (Å²) >= 11 is 0. The van der Waals surface area contributed by atoms with Crippen LogP contribution in [0.25, 0.3) is 0 Å². The van der Waals surface area contributed by atoms with Gasteiger partial charge in [0.15, 0.2) is 0 Å². The number of aliphatic hydroxyl groups excluding tert-OH is 2. The fourth-order valence-electron chi connectivity index (χ4n) is 0.215. The molecule has 120 valence electrons. The maximum atomic E-state index is 9.86. The summed E-state index contributed by atoms with van der Waals surface area (Å²) in [6.45, 7) is 14.2. The molecule has 0 heterocycles. The van der Waals surface area contributed by atoms with Crippen LogP contribution in [0.5, 0.6) is 0 Å². The van der Waals surface area contributed by atoms with Crippen molar-refractivity contribution in [3.8, 4) is 0 Å². The van der Waals surface area contributed by atoms with Crippen molar-refractivity contribution >= 4 is 5.97 Å². The molecule has 0 aliphatic rings. The minimum atomic E-state index is -0.845. The number of hydrogen-bond acceptors (Lipinski definition) is 3. The Morgan fingerprint density at radius 1 is 1.20 bits per heavy atom. The number of carboxylic acid groups (broad SMARTS) is 1. The Balaban J connectivity index is -0.0000000941. The van der Waals surface area contributed by atoms with Crippen molar-refractivity contribution in [3.63, 3.8) is 0 Å². The molecule has 20 heavy (non-hydrogen) atoms. The summed E-state index contributed by atoms with van der Waals surface area (Å²) in [4.78, 5) is 9.86. The van der Waals surface area contributed by atoms with Crippen LogP contribution in [-0.4, -0.2) is 34.0 Å². The number of carbonyl (C=O) groups is 1.